The molecule has 134 valence electrons. The van der Waals surface area contributed by atoms with Gasteiger partial charge in [-0.3, -0.25) is 4.90 Å². The SMILES string of the molecule is Cc1ccc(CN2CCC3(CC2)CN(S(=O)(=O)c2ccccc2)C3)o1. The van der Waals surface area contributed by atoms with Gasteiger partial charge in [-0.05, 0) is 57.1 Å². The van der Waals surface area contributed by atoms with Crippen LogP contribution in [0.1, 0.15) is 24.4 Å². The van der Waals surface area contributed by atoms with Crippen molar-refractivity contribution in [3.05, 3.63) is 54.0 Å². The van der Waals surface area contributed by atoms with Crippen molar-refractivity contribution < 1.29 is 12.8 Å². The first-order valence-corrected chi connectivity index (χ1v) is 10.2. The van der Waals surface area contributed by atoms with Gasteiger partial charge < -0.3 is 4.42 Å². The van der Waals surface area contributed by atoms with Crippen molar-refractivity contribution in [3.63, 3.8) is 0 Å². The van der Waals surface area contributed by atoms with Crippen LogP contribution >= 0.6 is 0 Å². The van der Waals surface area contributed by atoms with E-state index < -0.39 is 10.0 Å². The molecule has 2 aliphatic rings. The van der Waals surface area contributed by atoms with Crippen LogP contribution in [0.3, 0.4) is 0 Å². The molecule has 2 aliphatic heterocycles. The summed E-state index contributed by atoms with van der Waals surface area (Å²) >= 11 is 0. The summed E-state index contributed by atoms with van der Waals surface area (Å²) in [4.78, 5) is 2.80. The summed E-state index contributed by atoms with van der Waals surface area (Å²) in [5, 5.41) is 0. The van der Waals surface area contributed by atoms with Crippen LogP contribution in [0, 0.1) is 12.3 Å². The van der Waals surface area contributed by atoms with Crippen LogP contribution in [0.15, 0.2) is 51.8 Å². The van der Waals surface area contributed by atoms with Crippen LogP contribution in [0.5, 0.6) is 0 Å². The standard InChI is InChI=1S/C19H24N2O3S/c1-16-7-8-17(24-16)13-20-11-9-19(10-12-20)14-21(15-19)25(22,23)18-5-3-2-4-6-18/h2-8H,9-15H2,1H3. The molecule has 2 saturated heterocycles. The lowest BCUT2D eigenvalue weighted by Crippen LogP contribution is -2.61. The molecular weight excluding hydrogens is 336 g/mol. The van der Waals surface area contributed by atoms with E-state index in [0.717, 1.165) is 44.0 Å². The second kappa shape index (κ2) is 6.27. The van der Waals surface area contributed by atoms with Gasteiger partial charge in [0.15, 0.2) is 0 Å². The van der Waals surface area contributed by atoms with Crippen molar-refractivity contribution >= 4 is 10.0 Å². The predicted octanol–water partition coefficient (Wildman–Crippen LogP) is 2.87. The third-order valence-electron chi connectivity index (χ3n) is 5.50. The Morgan fingerprint density at radius 1 is 1.04 bits per heavy atom. The Balaban J connectivity index is 1.33. The Hall–Kier alpha value is -1.63. The van der Waals surface area contributed by atoms with Crippen molar-refractivity contribution in [3.8, 4) is 0 Å². The van der Waals surface area contributed by atoms with Crippen LogP contribution in [-0.4, -0.2) is 43.8 Å². The summed E-state index contributed by atoms with van der Waals surface area (Å²) in [5.41, 5.74) is 0.164. The molecule has 0 atom stereocenters. The third-order valence-corrected chi connectivity index (χ3v) is 7.30. The zero-order valence-corrected chi connectivity index (χ0v) is 15.3. The number of rotatable bonds is 4. The molecule has 1 spiro atoms. The summed E-state index contributed by atoms with van der Waals surface area (Å²) in [7, 11) is -3.33. The second-order valence-corrected chi connectivity index (χ2v) is 9.31. The fourth-order valence-corrected chi connectivity index (χ4v) is 5.59. The molecule has 0 N–H and O–H groups in total. The lowest BCUT2D eigenvalue weighted by molar-refractivity contribution is -0.00293. The van der Waals surface area contributed by atoms with Gasteiger partial charge in [-0.2, -0.15) is 4.31 Å². The minimum atomic E-state index is -3.33. The zero-order chi connectivity index (χ0) is 17.5. The highest BCUT2D eigenvalue weighted by molar-refractivity contribution is 7.89. The van der Waals surface area contributed by atoms with Gasteiger partial charge in [0, 0.05) is 18.5 Å². The van der Waals surface area contributed by atoms with Crippen LogP contribution in [0.4, 0.5) is 0 Å². The summed E-state index contributed by atoms with van der Waals surface area (Å²) in [6.07, 6.45) is 2.10. The number of aryl methyl sites for hydroxylation is 1. The van der Waals surface area contributed by atoms with E-state index in [0.29, 0.717) is 18.0 Å². The van der Waals surface area contributed by atoms with Crippen molar-refractivity contribution in [1.82, 2.24) is 9.21 Å². The van der Waals surface area contributed by atoms with Gasteiger partial charge in [0.05, 0.1) is 11.4 Å². The highest BCUT2D eigenvalue weighted by Gasteiger charge is 2.49. The molecule has 1 aromatic heterocycles. The maximum atomic E-state index is 12.7. The van der Waals surface area contributed by atoms with Gasteiger partial charge in [-0.1, -0.05) is 18.2 Å². The van der Waals surface area contributed by atoms with Crippen molar-refractivity contribution in [2.24, 2.45) is 5.41 Å². The zero-order valence-electron chi connectivity index (χ0n) is 14.5. The molecule has 0 amide bonds. The van der Waals surface area contributed by atoms with Crippen LogP contribution < -0.4 is 0 Å². The van der Waals surface area contributed by atoms with E-state index in [1.54, 1.807) is 28.6 Å². The van der Waals surface area contributed by atoms with E-state index in [-0.39, 0.29) is 5.41 Å². The van der Waals surface area contributed by atoms with Crippen LogP contribution in [0.2, 0.25) is 0 Å². The normalized spacial score (nSPS) is 21.3. The summed E-state index contributed by atoms with van der Waals surface area (Å²) in [6.45, 7) is 6.11. The molecular formula is C19H24N2O3S. The Bertz CT molecular complexity index is 829. The van der Waals surface area contributed by atoms with E-state index in [1.807, 2.05) is 25.1 Å². The maximum Gasteiger partial charge on any atom is 0.243 e. The van der Waals surface area contributed by atoms with Gasteiger partial charge in [0.2, 0.25) is 10.0 Å². The molecule has 1 aromatic carbocycles. The molecule has 0 bridgehead atoms. The molecule has 2 fully saturated rings. The van der Waals surface area contributed by atoms with E-state index in [4.69, 9.17) is 4.42 Å². The Morgan fingerprint density at radius 2 is 1.72 bits per heavy atom. The van der Waals surface area contributed by atoms with Gasteiger partial charge >= 0.3 is 0 Å². The second-order valence-electron chi connectivity index (χ2n) is 7.37. The highest BCUT2D eigenvalue weighted by atomic mass is 32.2. The van der Waals surface area contributed by atoms with E-state index >= 15 is 0 Å². The largest absolute Gasteiger partial charge is 0.465 e. The lowest BCUT2D eigenvalue weighted by atomic mass is 9.73. The first kappa shape index (κ1) is 16.8. The maximum absolute atomic E-state index is 12.7. The van der Waals surface area contributed by atoms with Crippen molar-refractivity contribution in [2.45, 2.75) is 31.2 Å². The molecule has 0 radical (unpaired) electrons. The highest BCUT2D eigenvalue weighted by Crippen LogP contribution is 2.43. The summed E-state index contributed by atoms with van der Waals surface area (Å²) < 4.78 is 32.6. The average Bonchev–Trinajstić information content (AvgIpc) is 2.99. The Kier molecular flexibility index (Phi) is 4.22. The van der Waals surface area contributed by atoms with E-state index in [1.165, 1.54) is 0 Å². The predicted molar refractivity (Wildman–Crippen MR) is 95.6 cm³/mol. The monoisotopic (exact) mass is 360 g/mol. The van der Waals surface area contributed by atoms with Crippen molar-refractivity contribution in [1.29, 1.82) is 0 Å². The first-order valence-electron chi connectivity index (χ1n) is 8.80. The molecule has 5 nitrogen and oxygen atoms in total. The molecule has 6 heteroatoms. The number of sulfonamides is 1. The van der Waals surface area contributed by atoms with E-state index in [9.17, 15) is 8.42 Å². The smallest absolute Gasteiger partial charge is 0.243 e. The number of likely N-dealkylation sites (tertiary alicyclic amines) is 1. The minimum absolute atomic E-state index is 0.164. The van der Waals surface area contributed by atoms with Gasteiger partial charge in [-0.15, -0.1) is 0 Å². The third kappa shape index (κ3) is 3.26. The molecule has 0 unspecified atom stereocenters. The van der Waals surface area contributed by atoms with Crippen molar-refractivity contribution in [2.75, 3.05) is 26.2 Å². The number of furan rings is 1. The number of piperidine rings is 1. The Labute approximate surface area is 149 Å². The van der Waals surface area contributed by atoms with Crippen LogP contribution in [0.25, 0.3) is 0 Å². The Morgan fingerprint density at radius 3 is 2.32 bits per heavy atom. The van der Waals surface area contributed by atoms with Gasteiger partial charge in [0.1, 0.15) is 11.5 Å². The summed E-state index contributed by atoms with van der Waals surface area (Å²) in [5.74, 6) is 1.96. The average molecular weight is 360 g/mol. The number of hydrogen-bond acceptors (Lipinski definition) is 4. The van der Waals surface area contributed by atoms with Crippen LogP contribution in [-0.2, 0) is 16.6 Å². The molecule has 2 aromatic rings. The molecule has 0 aliphatic carbocycles. The number of nitrogens with zero attached hydrogens (tertiary/aromatic N) is 2. The fraction of sp³-hybridized carbons (Fsp3) is 0.474. The van der Waals surface area contributed by atoms with Gasteiger partial charge in [-0.25, -0.2) is 8.42 Å². The fourth-order valence-electron chi connectivity index (χ4n) is 3.91. The number of benzene rings is 1. The molecule has 0 saturated carbocycles. The minimum Gasteiger partial charge on any atom is -0.465 e. The molecule has 3 heterocycles. The summed E-state index contributed by atoms with van der Waals surface area (Å²) in [6, 6.07) is 12.8. The molecule has 25 heavy (non-hydrogen) atoms. The van der Waals surface area contributed by atoms with Gasteiger partial charge in [0.25, 0.3) is 0 Å². The number of hydrogen-bond donors (Lipinski definition) is 0. The lowest BCUT2D eigenvalue weighted by Gasteiger charge is -2.53. The quantitative estimate of drug-likeness (QED) is 0.841. The first-order chi connectivity index (χ1) is 12.0. The molecule has 4 rings (SSSR count). The van der Waals surface area contributed by atoms with E-state index in [2.05, 4.69) is 4.90 Å². The topological polar surface area (TPSA) is 53.8 Å².